The average molecular weight is 312 g/mol. The molecule has 1 heterocycles. The van der Waals surface area contributed by atoms with Crippen LogP contribution in [0.25, 0.3) is 0 Å². The highest BCUT2D eigenvalue weighted by Crippen LogP contribution is 2.21. The number of nitrogens with one attached hydrogen (secondary N) is 1. The van der Waals surface area contributed by atoms with Gasteiger partial charge in [0, 0.05) is 5.92 Å². The highest BCUT2D eigenvalue weighted by Gasteiger charge is 2.15. The molecule has 0 aliphatic carbocycles. The lowest BCUT2D eigenvalue weighted by Gasteiger charge is -2.08. The first kappa shape index (κ1) is 15.3. The van der Waals surface area contributed by atoms with Crippen molar-refractivity contribution in [1.82, 2.24) is 9.97 Å². The number of carbonyl (C=O) groups excluding carboxylic acids is 1. The van der Waals surface area contributed by atoms with Gasteiger partial charge in [0.1, 0.15) is 5.82 Å². The second kappa shape index (κ2) is 6.13. The summed E-state index contributed by atoms with van der Waals surface area (Å²) in [7, 11) is 0. The molecule has 2 rings (SSSR count). The van der Waals surface area contributed by atoms with Crippen LogP contribution in [-0.4, -0.2) is 15.9 Å². The number of halogens is 3. The van der Waals surface area contributed by atoms with E-state index in [0.29, 0.717) is 11.5 Å². The maximum absolute atomic E-state index is 13.2. The van der Waals surface area contributed by atoms with Crippen molar-refractivity contribution in [2.75, 3.05) is 5.32 Å². The Morgan fingerprint density at radius 3 is 2.33 bits per heavy atom. The van der Waals surface area contributed by atoms with Crippen LogP contribution in [0.5, 0.6) is 0 Å². The van der Waals surface area contributed by atoms with Crippen molar-refractivity contribution in [2.45, 2.75) is 19.8 Å². The Bertz CT molecular complexity index is 675. The fourth-order valence-corrected chi connectivity index (χ4v) is 1.83. The van der Waals surface area contributed by atoms with Crippen molar-refractivity contribution in [3.05, 3.63) is 52.6 Å². The third-order valence-corrected chi connectivity index (χ3v) is 3.01. The molecule has 0 unspecified atom stereocenters. The molecule has 0 aliphatic rings. The SMILES string of the molecule is CC(C)c1ncc(NC(=O)c2cc(F)c(F)cc2Cl)cn1. The molecule has 4 nitrogen and oxygen atoms in total. The summed E-state index contributed by atoms with van der Waals surface area (Å²) >= 11 is 5.73. The number of amides is 1. The molecule has 0 fully saturated rings. The summed E-state index contributed by atoms with van der Waals surface area (Å²) in [5.41, 5.74) is 0.175. The van der Waals surface area contributed by atoms with Crippen molar-refractivity contribution < 1.29 is 13.6 Å². The van der Waals surface area contributed by atoms with Crippen LogP contribution in [0.1, 0.15) is 35.9 Å². The van der Waals surface area contributed by atoms with Gasteiger partial charge in [-0.25, -0.2) is 18.7 Å². The number of rotatable bonds is 3. The molecule has 0 bridgehead atoms. The summed E-state index contributed by atoms with van der Waals surface area (Å²) in [5, 5.41) is 2.30. The van der Waals surface area contributed by atoms with Crippen LogP contribution < -0.4 is 5.32 Å². The van der Waals surface area contributed by atoms with Gasteiger partial charge in [-0.2, -0.15) is 0 Å². The zero-order chi connectivity index (χ0) is 15.6. The monoisotopic (exact) mass is 311 g/mol. The zero-order valence-corrected chi connectivity index (χ0v) is 12.1. The molecule has 0 atom stereocenters. The highest BCUT2D eigenvalue weighted by atomic mass is 35.5. The largest absolute Gasteiger partial charge is 0.319 e. The van der Waals surface area contributed by atoms with E-state index in [1.54, 1.807) is 0 Å². The first-order valence-electron chi connectivity index (χ1n) is 6.16. The second-order valence-corrected chi connectivity index (χ2v) is 5.09. The molecule has 0 radical (unpaired) electrons. The number of aromatic nitrogens is 2. The summed E-state index contributed by atoms with van der Waals surface area (Å²) in [4.78, 5) is 20.1. The zero-order valence-electron chi connectivity index (χ0n) is 11.3. The fourth-order valence-electron chi connectivity index (χ4n) is 1.60. The van der Waals surface area contributed by atoms with Gasteiger partial charge in [-0.3, -0.25) is 4.79 Å². The number of hydrogen-bond acceptors (Lipinski definition) is 3. The normalized spacial score (nSPS) is 10.8. The van der Waals surface area contributed by atoms with Crippen LogP contribution in [0.15, 0.2) is 24.5 Å². The molecular formula is C14H12ClF2N3O. The van der Waals surface area contributed by atoms with Crippen molar-refractivity contribution in [3.63, 3.8) is 0 Å². The lowest BCUT2D eigenvalue weighted by Crippen LogP contribution is -2.14. The minimum Gasteiger partial charge on any atom is -0.319 e. The average Bonchev–Trinajstić information content (AvgIpc) is 2.43. The van der Waals surface area contributed by atoms with Crippen molar-refractivity contribution in [1.29, 1.82) is 0 Å². The van der Waals surface area contributed by atoms with Crippen LogP contribution in [0, 0.1) is 11.6 Å². The minimum absolute atomic E-state index is 0.162. The Balaban J connectivity index is 2.20. The Hall–Kier alpha value is -2.08. The van der Waals surface area contributed by atoms with E-state index in [1.165, 1.54) is 12.4 Å². The second-order valence-electron chi connectivity index (χ2n) is 4.68. The van der Waals surface area contributed by atoms with Crippen LogP contribution in [0.4, 0.5) is 14.5 Å². The van der Waals surface area contributed by atoms with Gasteiger partial charge in [0.15, 0.2) is 11.6 Å². The summed E-state index contributed by atoms with van der Waals surface area (Å²) in [6, 6.07) is 1.50. The molecule has 0 saturated carbocycles. The number of hydrogen-bond donors (Lipinski definition) is 1. The predicted octanol–water partition coefficient (Wildman–Crippen LogP) is 3.78. The molecule has 1 aromatic heterocycles. The fraction of sp³-hybridized carbons (Fsp3) is 0.214. The standard InChI is InChI=1S/C14H12ClF2N3O/c1-7(2)13-18-5-8(6-19-13)20-14(21)9-3-11(16)12(17)4-10(9)15/h3-7H,1-2H3,(H,20,21). The van der Waals surface area contributed by atoms with E-state index in [9.17, 15) is 13.6 Å². The molecule has 2 aromatic rings. The van der Waals surface area contributed by atoms with Gasteiger partial charge >= 0.3 is 0 Å². The van der Waals surface area contributed by atoms with Crippen LogP contribution in [0.3, 0.4) is 0 Å². The van der Waals surface area contributed by atoms with E-state index < -0.39 is 17.5 Å². The Labute approximate surface area is 125 Å². The van der Waals surface area contributed by atoms with E-state index in [2.05, 4.69) is 15.3 Å². The lowest BCUT2D eigenvalue weighted by molar-refractivity contribution is 0.102. The van der Waals surface area contributed by atoms with E-state index in [4.69, 9.17) is 11.6 Å². The van der Waals surface area contributed by atoms with Crippen molar-refractivity contribution >= 4 is 23.2 Å². The van der Waals surface area contributed by atoms with Gasteiger partial charge in [-0.15, -0.1) is 0 Å². The van der Waals surface area contributed by atoms with E-state index in [-0.39, 0.29) is 16.5 Å². The van der Waals surface area contributed by atoms with Crippen molar-refractivity contribution in [2.24, 2.45) is 0 Å². The predicted molar refractivity (Wildman–Crippen MR) is 75.4 cm³/mol. The molecule has 1 N–H and O–H groups in total. The topological polar surface area (TPSA) is 54.9 Å². The maximum Gasteiger partial charge on any atom is 0.257 e. The summed E-state index contributed by atoms with van der Waals surface area (Å²) < 4.78 is 26.1. The molecular weight excluding hydrogens is 300 g/mol. The van der Waals surface area contributed by atoms with Crippen molar-refractivity contribution in [3.8, 4) is 0 Å². The van der Waals surface area contributed by atoms with Gasteiger partial charge in [-0.05, 0) is 12.1 Å². The molecule has 0 spiro atoms. The number of benzene rings is 1. The van der Waals surface area contributed by atoms with Gasteiger partial charge < -0.3 is 5.32 Å². The Morgan fingerprint density at radius 2 is 1.76 bits per heavy atom. The van der Waals surface area contributed by atoms with E-state index in [1.807, 2.05) is 13.8 Å². The van der Waals surface area contributed by atoms with Crippen LogP contribution in [0.2, 0.25) is 5.02 Å². The number of nitrogens with zero attached hydrogens (tertiary/aromatic N) is 2. The molecule has 110 valence electrons. The number of carbonyl (C=O) groups is 1. The molecule has 0 saturated heterocycles. The quantitative estimate of drug-likeness (QED) is 0.878. The van der Waals surface area contributed by atoms with E-state index in [0.717, 1.165) is 12.1 Å². The third-order valence-electron chi connectivity index (χ3n) is 2.70. The first-order chi connectivity index (χ1) is 9.88. The molecule has 7 heteroatoms. The number of anilines is 1. The molecule has 1 amide bonds. The molecule has 1 aromatic carbocycles. The summed E-state index contributed by atoms with van der Waals surface area (Å²) in [6.45, 7) is 3.88. The highest BCUT2D eigenvalue weighted by molar-refractivity contribution is 6.34. The Kier molecular flexibility index (Phi) is 4.47. The van der Waals surface area contributed by atoms with Gasteiger partial charge in [0.05, 0.1) is 28.7 Å². The minimum atomic E-state index is -1.14. The molecule has 21 heavy (non-hydrogen) atoms. The van der Waals surface area contributed by atoms with Gasteiger partial charge in [0.2, 0.25) is 0 Å². The summed E-state index contributed by atoms with van der Waals surface area (Å²) in [6.07, 6.45) is 2.88. The third kappa shape index (κ3) is 3.52. The smallest absolute Gasteiger partial charge is 0.257 e. The summed E-state index contributed by atoms with van der Waals surface area (Å²) in [5.74, 6) is -2.12. The Morgan fingerprint density at radius 1 is 1.19 bits per heavy atom. The van der Waals surface area contributed by atoms with Gasteiger partial charge in [-0.1, -0.05) is 25.4 Å². The molecule has 0 aliphatic heterocycles. The maximum atomic E-state index is 13.2. The van der Waals surface area contributed by atoms with Crippen LogP contribution >= 0.6 is 11.6 Å². The first-order valence-corrected chi connectivity index (χ1v) is 6.54. The lowest BCUT2D eigenvalue weighted by atomic mass is 10.2. The van der Waals surface area contributed by atoms with E-state index >= 15 is 0 Å². The van der Waals surface area contributed by atoms with Gasteiger partial charge in [0.25, 0.3) is 5.91 Å². The van der Waals surface area contributed by atoms with Crippen LogP contribution in [-0.2, 0) is 0 Å².